The van der Waals surface area contributed by atoms with E-state index in [9.17, 15) is 4.79 Å². The number of hydrogen-bond acceptors (Lipinski definition) is 3. The van der Waals surface area contributed by atoms with Crippen LogP contribution in [0.15, 0.2) is 48.5 Å². The average Bonchev–Trinajstić information content (AvgIpc) is 2.54. The lowest BCUT2D eigenvalue weighted by Gasteiger charge is -2.07. The van der Waals surface area contributed by atoms with E-state index in [4.69, 9.17) is 21.1 Å². The first-order valence-electron chi connectivity index (χ1n) is 6.59. The first kappa shape index (κ1) is 15.9. The van der Waals surface area contributed by atoms with Gasteiger partial charge in [-0.2, -0.15) is 0 Å². The molecule has 0 aromatic heterocycles. The van der Waals surface area contributed by atoms with Gasteiger partial charge in [0.2, 0.25) is 5.91 Å². The van der Waals surface area contributed by atoms with Gasteiger partial charge >= 0.3 is 0 Å². The summed E-state index contributed by atoms with van der Waals surface area (Å²) in [5.74, 6) is 1.03. The summed E-state index contributed by atoms with van der Waals surface area (Å²) in [7, 11) is 3.14. The molecule has 2 aromatic carbocycles. The molecule has 0 radical (unpaired) electrons. The van der Waals surface area contributed by atoms with Crippen LogP contribution in [0.4, 0.5) is 5.69 Å². The molecule has 0 heterocycles. The Morgan fingerprint density at radius 1 is 1.05 bits per heavy atom. The topological polar surface area (TPSA) is 47.6 Å². The van der Waals surface area contributed by atoms with E-state index in [1.165, 1.54) is 6.08 Å². The number of anilines is 1. The van der Waals surface area contributed by atoms with E-state index >= 15 is 0 Å². The van der Waals surface area contributed by atoms with Crippen LogP contribution < -0.4 is 14.8 Å². The average molecular weight is 318 g/mol. The van der Waals surface area contributed by atoms with Crippen molar-refractivity contribution in [3.63, 3.8) is 0 Å². The Kier molecular flexibility index (Phi) is 5.44. The van der Waals surface area contributed by atoms with Gasteiger partial charge in [0.05, 0.1) is 14.2 Å². The first-order chi connectivity index (χ1) is 10.6. The summed E-state index contributed by atoms with van der Waals surface area (Å²) in [6.07, 6.45) is 3.16. The van der Waals surface area contributed by atoms with E-state index in [1.807, 2.05) is 6.07 Å². The lowest BCUT2D eigenvalue weighted by Crippen LogP contribution is -2.07. The highest BCUT2D eigenvalue weighted by Gasteiger charge is 2.03. The molecular formula is C17H16ClNO3. The van der Waals surface area contributed by atoms with Crippen molar-refractivity contribution >= 4 is 29.3 Å². The van der Waals surface area contributed by atoms with E-state index < -0.39 is 0 Å². The fraction of sp³-hybridized carbons (Fsp3) is 0.118. The molecule has 0 aliphatic heterocycles. The lowest BCUT2D eigenvalue weighted by molar-refractivity contribution is -0.111. The Hall–Kier alpha value is -2.46. The molecule has 2 aromatic rings. The minimum atomic E-state index is -0.225. The quantitative estimate of drug-likeness (QED) is 0.848. The van der Waals surface area contributed by atoms with E-state index in [0.29, 0.717) is 22.2 Å². The number of amides is 1. The van der Waals surface area contributed by atoms with Gasteiger partial charge in [-0.3, -0.25) is 4.79 Å². The van der Waals surface area contributed by atoms with Crippen LogP contribution in [0, 0.1) is 0 Å². The zero-order chi connectivity index (χ0) is 15.9. The number of carbonyl (C=O) groups excluding carboxylic acids is 1. The van der Waals surface area contributed by atoms with Crippen LogP contribution in [-0.4, -0.2) is 20.1 Å². The fourth-order valence-electron chi connectivity index (χ4n) is 1.85. The maximum absolute atomic E-state index is 11.9. The third kappa shape index (κ3) is 4.27. The molecule has 0 unspecified atom stereocenters. The first-order valence-corrected chi connectivity index (χ1v) is 6.97. The van der Waals surface area contributed by atoms with Crippen molar-refractivity contribution < 1.29 is 14.3 Å². The monoisotopic (exact) mass is 317 g/mol. The number of methoxy groups -OCH3 is 2. The van der Waals surface area contributed by atoms with E-state index in [0.717, 1.165) is 5.56 Å². The van der Waals surface area contributed by atoms with Gasteiger partial charge in [0.1, 0.15) is 0 Å². The van der Waals surface area contributed by atoms with Crippen LogP contribution in [0.1, 0.15) is 5.56 Å². The van der Waals surface area contributed by atoms with Crippen molar-refractivity contribution in [2.24, 2.45) is 0 Å². The Bertz CT molecular complexity index is 681. The van der Waals surface area contributed by atoms with Gasteiger partial charge in [-0.15, -0.1) is 0 Å². The van der Waals surface area contributed by atoms with Gasteiger partial charge in [-0.05, 0) is 48.0 Å². The fourth-order valence-corrected chi connectivity index (χ4v) is 1.97. The summed E-state index contributed by atoms with van der Waals surface area (Å²) in [4.78, 5) is 11.9. The van der Waals surface area contributed by atoms with Gasteiger partial charge in [0, 0.05) is 16.8 Å². The summed E-state index contributed by atoms with van der Waals surface area (Å²) in [5.41, 5.74) is 1.52. The van der Waals surface area contributed by atoms with E-state index in [1.54, 1.807) is 56.7 Å². The molecule has 0 fully saturated rings. The predicted molar refractivity (Wildman–Crippen MR) is 88.7 cm³/mol. The van der Waals surface area contributed by atoms with Crippen molar-refractivity contribution in [1.29, 1.82) is 0 Å². The molecule has 2 rings (SSSR count). The Balaban J connectivity index is 2.04. The highest BCUT2D eigenvalue weighted by atomic mass is 35.5. The molecule has 1 N–H and O–H groups in total. The SMILES string of the molecule is COc1ccc(/C=C\C(=O)Nc2ccc(Cl)cc2)cc1OC. The van der Waals surface area contributed by atoms with Crippen LogP contribution >= 0.6 is 11.6 Å². The normalized spacial score (nSPS) is 10.5. The second-order valence-electron chi connectivity index (χ2n) is 4.44. The van der Waals surface area contributed by atoms with Crippen LogP contribution in [0.5, 0.6) is 11.5 Å². The Labute approximate surface area is 134 Å². The summed E-state index contributed by atoms with van der Waals surface area (Å²) in [6, 6.07) is 12.3. The second kappa shape index (κ2) is 7.52. The minimum Gasteiger partial charge on any atom is -0.493 e. The molecule has 0 saturated heterocycles. The standard InChI is InChI=1S/C17H16ClNO3/c1-21-15-9-3-12(11-16(15)22-2)4-10-17(20)19-14-7-5-13(18)6-8-14/h3-11H,1-2H3,(H,19,20)/b10-4-. The molecule has 114 valence electrons. The molecule has 0 aliphatic carbocycles. The molecule has 5 heteroatoms. The highest BCUT2D eigenvalue weighted by Crippen LogP contribution is 2.27. The minimum absolute atomic E-state index is 0.225. The third-order valence-corrected chi connectivity index (χ3v) is 3.20. The second-order valence-corrected chi connectivity index (χ2v) is 4.88. The van der Waals surface area contributed by atoms with Crippen molar-refractivity contribution in [3.8, 4) is 11.5 Å². The zero-order valence-corrected chi connectivity index (χ0v) is 13.1. The number of benzene rings is 2. The number of halogens is 1. The maximum Gasteiger partial charge on any atom is 0.248 e. The highest BCUT2D eigenvalue weighted by molar-refractivity contribution is 6.30. The third-order valence-electron chi connectivity index (χ3n) is 2.95. The van der Waals surface area contributed by atoms with Crippen LogP contribution in [0.25, 0.3) is 6.08 Å². The van der Waals surface area contributed by atoms with Gasteiger partial charge in [0.15, 0.2) is 11.5 Å². The van der Waals surface area contributed by atoms with E-state index in [-0.39, 0.29) is 5.91 Å². The predicted octanol–water partition coefficient (Wildman–Crippen LogP) is 4.01. The van der Waals surface area contributed by atoms with Crippen molar-refractivity contribution in [2.75, 3.05) is 19.5 Å². The van der Waals surface area contributed by atoms with Crippen molar-refractivity contribution in [3.05, 3.63) is 59.1 Å². The number of carbonyl (C=O) groups is 1. The van der Waals surface area contributed by atoms with Gasteiger partial charge < -0.3 is 14.8 Å². The molecule has 1 amide bonds. The van der Waals surface area contributed by atoms with Crippen molar-refractivity contribution in [2.45, 2.75) is 0 Å². The van der Waals surface area contributed by atoms with Crippen molar-refractivity contribution in [1.82, 2.24) is 0 Å². The molecule has 4 nitrogen and oxygen atoms in total. The lowest BCUT2D eigenvalue weighted by atomic mass is 10.2. The number of ether oxygens (including phenoxy) is 2. The van der Waals surface area contributed by atoms with Crippen LogP contribution in [-0.2, 0) is 4.79 Å². The molecule has 0 saturated carbocycles. The Morgan fingerprint density at radius 3 is 2.36 bits per heavy atom. The maximum atomic E-state index is 11.9. The van der Waals surface area contributed by atoms with Gasteiger partial charge in [0.25, 0.3) is 0 Å². The smallest absolute Gasteiger partial charge is 0.248 e. The number of nitrogens with one attached hydrogen (secondary N) is 1. The number of rotatable bonds is 5. The van der Waals surface area contributed by atoms with Gasteiger partial charge in [-0.25, -0.2) is 0 Å². The molecular weight excluding hydrogens is 302 g/mol. The summed E-state index contributed by atoms with van der Waals surface area (Å²) >= 11 is 5.79. The van der Waals surface area contributed by atoms with Crippen LogP contribution in [0.2, 0.25) is 5.02 Å². The summed E-state index contributed by atoms with van der Waals surface area (Å²) in [5, 5.41) is 3.37. The molecule has 0 aliphatic rings. The summed E-state index contributed by atoms with van der Waals surface area (Å²) in [6.45, 7) is 0. The van der Waals surface area contributed by atoms with Crippen LogP contribution in [0.3, 0.4) is 0 Å². The molecule has 0 spiro atoms. The number of hydrogen-bond donors (Lipinski definition) is 1. The molecule has 0 bridgehead atoms. The largest absolute Gasteiger partial charge is 0.493 e. The zero-order valence-electron chi connectivity index (χ0n) is 12.3. The van der Waals surface area contributed by atoms with Gasteiger partial charge in [-0.1, -0.05) is 17.7 Å². The summed E-state index contributed by atoms with van der Waals surface area (Å²) < 4.78 is 10.4. The Morgan fingerprint density at radius 2 is 1.73 bits per heavy atom. The molecule has 22 heavy (non-hydrogen) atoms. The van der Waals surface area contributed by atoms with E-state index in [2.05, 4.69) is 5.32 Å². The molecule has 0 atom stereocenters.